The molecule has 1 aliphatic carbocycles. The predicted octanol–water partition coefficient (Wildman–Crippen LogP) is 6.45. The largest absolute Gasteiger partial charge is 0.241 e. The zero-order valence-corrected chi connectivity index (χ0v) is 15.4. The van der Waals surface area contributed by atoms with E-state index in [1.807, 2.05) is 0 Å². The maximum Gasteiger partial charge on any atom is 0.131 e. The summed E-state index contributed by atoms with van der Waals surface area (Å²) < 4.78 is 0. The van der Waals surface area contributed by atoms with Gasteiger partial charge in [0.2, 0.25) is 0 Å². The Morgan fingerprint density at radius 1 is 0.826 bits per heavy atom. The van der Waals surface area contributed by atoms with E-state index in [9.17, 15) is 0 Å². The normalized spacial score (nSPS) is 21.5. The molecule has 0 unspecified atom stereocenters. The summed E-state index contributed by atoms with van der Waals surface area (Å²) in [5.41, 5.74) is 1.31. The molecule has 1 aromatic rings. The molecule has 1 heterocycles. The van der Waals surface area contributed by atoms with Crippen molar-refractivity contribution in [3.8, 4) is 0 Å². The minimum absolute atomic E-state index is 0.617. The van der Waals surface area contributed by atoms with Crippen LogP contribution in [-0.4, -0.2) is 9.97 Å². The number of aromatic nitrogens is 2. The summed E-state index contributed by atoms with van der Waals surface area (Å²) in [5.74, 6) is 2.69. The molecule has 0 saturated heterocycles. The van der Waals surface area contributed by atoms with Gasteiger partial charge in [-0.1, -0.05) is 58.8 Å². The topological polar surface area (TPSA) is 25.8 Å². The highest BCUT2D eigenvalue weighted by Crippen LogP contribution is 2.36. The van der Waals surface area contributed by atoms with Gasteiger partial charge in [0.05, 0.1) is 0 Å². The fourth-order valence-corrected chi connectivity index (χ4v) is 3.85. The zero-order valence-electron chi connectivity index (χ0n) is 15.4. The Labute approximate surface area is 143 Å². The Balaban J connectivity index is 1.70. The highest BCUT2D eigenvalue weighted by molar-refractivity contribution is 5.08. The SMILES string of the molecule is CCCCCCC1CCC(c2ncc(CCCCC)cn2)CC1. The fourth-order valence-electron chi connectivity index (χ4n) is 3.85. The lowest BCUT2D eigenvalue weighted by Gasteiger charge is -2.27. The van der Waals surface area contributed by atoms with Crippen molar-refractivity contribution in [3.63, 3.8) is 0 Å². The average molecular weight is 317 g/mol. The van der Waals surface area contributed by atoms with Gasteiger partial charge in [0.15, 0.2) is 0 Å². The van der Waals surface area contributed by atoms with Crippen LogP contribution in [0.4, 0.5) is 0 Å². The molecule has 2 rings (SSSR count). The van der Waals surface area contributed by atoms with E-state index < -0.39 is 0 Å². The van der Waals surface area contributed by atoms with Crippen LogP contribution in [0.25, 0.3) is 0 Å². The van der Waals surface area contributed by atoms with Crippen molar-refractivity contribution in [2.45, 2.75) is 103 Å². The van der Waals surface area contributed by atoms with Crippen LogP contribution in [0.2, 0.25) is 0 Å². The molecule has 2 heteroatoms. The summed E-state index contributed by atoms with van der Waals surface area (Å²) in [5, 5.41) is 0. The number of hydrogen-bond acceptors (Lipinski definition) is 2. The molecular weight excluding hydrogens is 280 g/mol. The second-order valence-corrected chi connectivity index (χ2v) is 7.47. The van der Waals surface area contributed by atoms with Gasteiger partial charge in [-0.3, -0.25) is 0 Å². The van der Waals surface area contributed by atoms with Gasteiger partial charge in [-0.05, 0) is 50.0 Å². The summed E-state index contributed by atoms with van der Waals surface area (Å²) in [7, 11) is 0. The van der Waals surface area contributed by atoms with Gasteiger partial charge in [-0.15, -0.1) is 0 Å². The molecule has 0 atom stereocenters. The van der Waals surface area contributed by atoms with Gasteiger partial charge in [-0.2, -0.15) is 0 Å². The standard InChI is InChI=1S/C21H36N2/c1-3-5-7-9-10-18-12-14-20(15-13-18)21-22-16-19(17-23-21)11-8-6-4-2/h16-18,20H,3-15H2,1-2H3. The van der Waals surface area contributed by atoms with E-state index >= 15 is 0 Å². The molecule has 1 aliphatic rings. The maximum atomic E-state index is 4.68. The molecule has 1 fully saturated rings. The van der Waals surface area contributed by atoms with Crippen molar-refractivity contribution in [3.05, 3.63) is 23.8 Å². The molecule has 0 aliphatic heterocycles. The molecule has 0 aromatic carbocycles. The van der Waals surface area contributed by atoms with E-state index in [-0.39, 0.29) is 0 Å². The molecule has 0 spiro atoms. The van der Waals surface area contributed by atoms with Crippen LogP contribution in [0, 0.1) is 5.92 Å². The summed E-state index contributed by atoms with van der Waals surface area (Å²) in [6, 6.07) is 0. The molecular formula is C21H36N2. The third-order valence-corrected chi connectivity index (χ3v) is 5.47. The molecule has 23 heavy (non-hydrogen) atoms. The molecule has 1 saturated carbocycles. The van der Waals surface area contributed by atoms with Gasteiger partial charge in [0.25, 0.3) is 0 Å². The Bertz CT molecular complexity index is 404. The van der Waals surface area contributed by atoms with Crippen LogP contribution in [0.15, 0.2) is 12.4 Å². The summed E-state index contributed by atoms with van der Waals surface area (Å²) >= 11 is 0. The van der Waals surface area contributed by atoms with E-state index in [0.717, 1.165) is 18.2 Å². The first-order chi connectivity index (χ1) is 11.3. The summed E-state index contributed by atoms with van der Waals surface area (Å²) in [4.78, 5) is 9.36. The van der Waals surface area contributed by atoms with Crippen LogP contribution in [-0.2, 0) is 6.42 Å². The lowest BCUT2D eigenvalue weighted by molar-refractivity contribution is 0.296. The summed E-state index contributed by atoms with van der Waals surface area (Å²) in [6.45, 7) is 4.54. The number of unbranched alkanes of at least 4 members (excludes halogenated alkanes) is 5. The van der Waals surface area contributed by atoms with Crippen LogP contribution < -0.4 is 0 Å². The van der Waals surface area contributed by atoms with Crippen LogP contribution in [0.5, 0.6) is 0 Å². The van der Waals surface area contributed by atoms with Gasteiger partial charge in [0, 0.05) is 18.3 Å². The van der Waals surface area contributed by atoms with E-state index in [1.54, 1.807) is 0 Å². The first-order valence-electron chi connectivity index (χ1n) is 10.1. The molecule has 2 nitrogen and oxygen atoms in total. The first kappa shape index (κ1) is 18.4. The minimum Gasteiger partial charge on any atom is -0.241 e. The lowest BCUT2D eigenvalue weighted by Crippen LogP contribution is -2.15. The van der Waals surface area contributed by atoms with Crippen LogP contribution >= 0.6 is 0 Å². The smallest absolute Gasteiger partial charge is 0.131 e. The highest BCUT2D eigenvalue weighted by atomic mass is 14.9. The Morgan fingerprint density at radius 2 is 1.48 bits per heavy atom. The van der Waals surface area contributed by atoms with Crippen LogP contribution in [0.3, 0.4) is 0 Å². The molecule has 0 bridgehead atoms. The number of rotatable bonds is 10. The monoisotopic (exact) mass is 316 g/mol. The Morgan fingerprint density at radius 3 is 2.13 bits per heavy atom. The van der Waals surface area contributed by atoms with Crippen molar-refractivity contribution in [1.29, 1.82) is 0 Å². The second kappa shape index (κ2) is 10.8. The molecule has 0 radical (unpaired) electrons. The lowest BCUT2D eigenvalue weighted by atomic mass is 9.79. The van der Waals surface area contributed by atoms with Crippen LogP contribution in [0.1, 0.15) is 108 Å². The third-order valence-electron chi connectivity index (χ3n) is 5.47. The first-order valence-corrected chi connectivity index (χ1v) is 10.1. The second-order valence-electron chi connectivity index (χ2n) is 7.47. The Kier molecular flexibility index (Phi) is 8.63. The minimum atomic E-state index is 0.617. The number of hydrogen-bond donors (Lipinski definition) is 0. The molecule has 1 aromatic heterocycles. The van der Waals surface area contributed by atoms with Crippen molar-refractivity contribution < 1.29 is 0 Å². The number of nitrogens with zero attached hydrogens (tertiary/aromatic N) is 2. The highest BCUT2D eigenvalue weighted by Gasteiger charge is 2.23. The molecule has 130 valence electrons. The van der Waals surface area contributed by atoms with Crippen molar-refractivity contribution in [2.24, 2.45) is 5.92 Å². The summed E-state index contributed by atoms with van der Waals surface area (Å²) in [6.07, 6.45) is 21.6. The van der Waals surface area contributed by atoms with Crippen molar-refractivity contribution in [2.75, 3.05) is 0 Å². The van der Waals surface area contributed by atoms with E-state index in [2.05, 4.69) is 36.2 Å². The van der Waals surface area contributed by atoms with E-state index in [1.165, 1.54) is 82.6 Å². The van der Waals surface area contributed by atoms with Crippen molar-refractivity contribution in [1.82, 2.24) is 9.97 Å². The van der Waals surface area contributed by atoms with E-state index in [0.29, 0.717) is 5.92 Å². The van der Waals surface area contributed by atoms with Gasteiger partial charge < -0.3 is 0 Å². The van der Waals surface area contributed by atoms with Gasteiger partial charge in [0.1, 0.15) is 5.82 Å². The Hall–Kier alpha value is -0.920. The third kappa shape index (κ3) is 6.61. The quantitative estimate of drug-likeness (QED) is 0.463. The van der Waals surface area contributed by atoms with E-state index in [4.69, 9.17) is 0 Å². The van der Waals surface area contributed by atoms with Gasteiger partial charge >= 0.3 is 0 Å². The fraction of sp³-hybridized carbons (Fsp3) is 0.810. The van der Waals surface area contributed by atoms with Crippen molar-refractivity contribution >= 4 is 0 Å². The molecule has 0 amide bonds. The zero-order chi connectivity index (χ0) is 16.3. The molecule has 0 N–H and O–H groups in total. The average Bonchev–Trinajstić information content (AvgIpc) is 2.60. The van der Waals surface area contributed by atoms with Gasteiger partial charge in [-0.25, -0.2) is 9.97 Å². The number of aryl methyl sites for hydroxylation is 1. The predicted molar refractivity (Wildman–Crippen MR) is 98.7 cm³/mol. The maximum absolute atomic E-state index is 4.68.